The molecule has 1 nitrogen and oxygen atoms in total. The molecule has 2 aromatic carbocycles. The molecule has 0 spiro atoms. The molecule has 3 heteroatoms. The molecular formula is C17H17NS2. The van der Waals surface area contributed by atoms with Crippen LogP contribution in [0.3, 0.4) is 0 Å². The standard InChI is InChI=1S/C17H17NS2/c1-3-19-12-9-10-16-14(11-12)17(20-4-2)13-7-5-6-8-15(13)18-16/h5-11H,3-4H2,1-2H3. The molecule has 0 radical (unpaired) electrons. The van der Waals surface area contributed by atoms with Gasteiger partial charge in [-0.25, -0.2) is 4.98 Å². The molecule has 0 aliphatic heterocycles. The highest BCUT2D eigenvalue weighted by atomic mass is 32.2. The summed E-state index contributed by atoms with van der Waals surface area (Å²) >= 11 is 3.80. The monoisotopic (exact) mass is 299 g/mol. The number of nitrogens with zero attached hydrogens (tertiary/aromatic N) is 1. The van der Waals surface area contributed by atoms with Crippen LogP contribution in [0.1, 0.15) is 13.8 Å². The first-order chi connectivity index (χ1) is 9.83. The average Bonchev–Trinajstić information content (AvgIpc) is 2.48. The summed E-state index contributed by atoms with van der Waals surface area (Å²) in [5.41, 5.74) is 2.19. The largest absolute Gasteiger partial charge is 0.248 e. The van der Waals surface area contributed by atoms with E-state index in [4.69, 9.17) is 4.98 Å². The molecule has 0 amide bonds. The quantitative estimate of drug-likeness (QED) is 0.459. The first-order valence-electron chi connectivity index (χ1n) is 6.91. The van der Waals surface area contributed by atoms with Crippen molar-refractivity contribution >= 4 is 45.3 Å². The summed E-state index contributed by atoms with van der Waals surface area (Å²) in [6, 6.07) is 15.1. The van der Waals surface area contributed by atoms with Gasteiger partial charge in [0.15, 0.2) is 0 Å². The van der Waals surface area contributed by atoms with Gasteiger partial charge in [0, 0.05) is 20.6 Å². The van der Waals surface area contributed by atoms with Gasteiger partial charge in [0.05, 0.1) is 11.0 Å². The number of fused-ring (bicyclic) bond motifs is 2. The Morgan fingerprint density at radius 2 is 1.60 bits per heavy atom. The van der Waals surface area contributed by atoms with Crippen LogP contribution in [0.25, 0.3) is 21.8 Å². The summed E-state index contributed by atoms with van der Waals surface area (Å²) < 4.78 is 0. The highest BCUT2D eigenvalue weighted by molar-refractivity contribution is 7.99. The van der Waals surface area contributed by atoms with Crippen molar-refractivity contribution in [1.82, 2.24) is 4.98 Å². The highest BCUT2D eigenvalue weighted by Crippen LogP contribution is 2.35. The molecule has 1 heterocycles. The van der Waals surface area contributed by atoms with Crippen molar-refractivity contribution < 1.29 is 0 Å². The normalized spacial score (nSPS) is 11.3. The summed E-state index contributed by atoms with van der Waals surface area (Å²) in [6.07, 6.45) is 0. The zero-order valence-electron chi connectivity index (χ0n) is 11.7. The molecule has 3 aromatic rings. The van der Waals surface area contributed by atoms with Crippen molar-refractivity contribution in [2.24, 2.45) is 0 Å². The summed E-state index contributed by atoms with van der Waals surface area (Å²) in [7, 11) is 0. The number of hydrogen-bond acceptors (Lipinski definition) is 3. The van der Waals surface area contributed by atoms with Crippen LogP contribution in [0.15, 0.2) is 52.3 Å². The van der Waals surface area contributed by atoms with Crippen LogP contribution < -0.4 is 0 Å². The third-order valence-electron chi connectivity index (χ3n) is 3.20. The number of pyridine rings is 1. The van der Waals surface area contributed by atoms with Gasteiger partial charge in [0.25, 0.3) is 0 Å². The van der Waals surface area contributed by atoms with E-state index < -0.39 is 0 Å². The summed E-state index contributed by atoms with van der Waals surface area (Å²) in [4.78, 5) is 7.50. The number of thioether (sulfide) groups is 2. The van der Waals surface area contributed by atoms with E-state index in [2.05, 4.69) is 56.3 Å². The van der Waals surface area contributed by atoms with Gasteiger partial charge in [-0.05, 0) is 35.8 Å². The molecule has 0 atom stereocenters. The van der Waals surface area contributed by atoms with Crippen molar-refractivity contribution in [3.8, 4) is 0 Å². The molecule has 0 N–H and O–H groups in total. The molecule has 0 fully saturated rings. The fourth-order valence-corrected chi connectivity index (χ4v) is 4.02. The predicted octanol–water partition coefficient (Wildman–Crippen LogP) is 5.61. The lowest BCUT2D eigenvalue weighted by atomic mass is 10.1. The van der Waals surface area contributed by atoms with Gasteiger partial charge < -0.3 is 0 Å². The van der Waals surface area contributed by atoms with E-state index in [1.54, 1.807) is 0 Å². The molecular weight excluding hydrogens is 282 g/mol. The maximum atomic E-state index is 4.80. The molecule has 0 aliphatic rings. The zero-order valence-corrected chi connectivity index (χ0v) is 13.4. The maximum absolute atomic E-state index is 4.80. The van der Waals surface area contributed by atoms with Crippen LogP contribution >= 0.6 is 23.5 Å². The topological polar surface area (TPSA) is 12.9 Å². The molecule has 0 saturated heterocycles. The van der Waals surface area contributed by atoms with E-state index in [1.807, 2.05) is 23.5 Å². The molecule has 1 aromatic heterocycles. The fourth-order valence-electron chi connectivity index (χ4n) is 2.39. The molecule has 3 rings (SSSR count). The second-order valence-electron chi connectivity index (χ2n) is 4.50. The number of para-hydroxylation sites is 1. The van der Waals surface area contributed by atoms with Crippen molar-refractivity contribution in [2.45, 2.75) is 23.6 Å². The van der Waals surface area contributed by atoms with Crippen LogP contribution in [0.5, 0.6) is 0 Å². The van der Waals surface area contributed by atoms with Crippen LogP contribution in [-0.4, -0.2) is 16.5 Å². The Morgan fingerprint density at radius 3 is 2.40 bits per heavy atom. The van der Waals surface area contributed by atoms with E-state index >= 15 is 0 Å². The van der Waals surface area contributed by atoms with Crippen LogP contribution in [-0.2, 0) is 0 Å². The van der Waals surface area contributed by atoms with E-state index in [-0.39, 0.29) is 0 Å². The van der Waals surface area contributed by atoms with E-state index in [1.165, 1.54) is 20.6 Å². The molecule has 0 saturated carbocycles. The number of rotatable bonds is 4. The Labute approximate surface area is 128 Å². The zero-order chi connectivity index (χ0) is 13.9. The van der Waals surface area contributed by atoms with E-state index in [9.17, 15) is 0 Å². The van der Waals surface area contributed by atoms with Crippen molar-refractivity contribution in [2.75, 3.05) is 11.5 Å². The van der Waals surface area contributed by atoms with Gasteiger partial charge in [0.1, 0.15) is 0 Å². The first-order valence-corrected chi connectivity index (χ1v) is 8.88. The summed E-state index contributed by atoms with van der Waals surface area (Å²) in [5, 5.41) is 2.56. The van der Waals surface area contributed by atoms with E-state index in [0.717, 1.165) is 22.5 Å². The lowest BCUT2D eigenvalue weighted by molar-refractivity contribution is 1.39. The Bertz CT molecular complexity index is 752. The van der Waals surface area contributed by atoms with E-state index in [0.29, 0.717) is 0 Å². The Kier molecular flexibility index (Phi) is 4.18. The number of hydrogen-bond donors (Lipinski definition) is 0. The highest BCUT2D eigenvalue weighted by Gasteiger charge is 2.09. The fraction of sp³-hybridized carbons (Fsp3) is 0.235. The van der Waals surface area contributed by atoms with Crippen molar-refractivity contribution in [3.05, 3.63) is 42.5 Å². The van der Waals surface area contributed by atoms with Crippen LogP contribution in [0.4, 0.5) is 0 Å². The minimum atomic E-state index is 1.08. The molecule has 102 valence electrons. The third-order valence-corrected chi connectivity index (χ3v) is 5.10. The lowest BCUT2D eigenvalue weighted by Gasteiger charge is -2.10. The van der Waals surface area contributed by atoms with Gasteiger partial charge in [0.2, 0.25) is 0 Å². The smallest absolute Gasteiger partial charge is 0.0721 e. The molecule has 0 aliphatic carbocycles. The minimum absolute atomic E-state index is 1.08. The van der Waals surface area contributed by atoms with Crippen LogP contribution in [0.2, 0.25) is 0 Å². The lowest BCUT2D eigenvalue weighted by Crippen LogP contribution is -1.88. The maximum Gasteiger partial charge on any atom is 0.0721 e. The molecule has 20 heavy (non-hydrogen) atoms. The Balaban J connectivity index is 2.33. The van der Waals surface area contributed by atoms with Gasteiger partial charge in [-0.2, -0.15) is 0 Å². The van der Waals surface area contributed by atoms with Gasteiger partial charge in [-0.15, -0.1) is 23.5 Å². The Morgan fingerprint density at radius 1 is 0.850 bits per heavy atom. The summed E-state index contributed by atoms with van der Waals surface area (Å²) in [5.74, 6) is 2.18. The van der Waals surface area contributed by atoms with Gasteiger partial charge >= 0.3 is 0 Å². The second kappa shape index (κ2) is 6.06. The van der Waals surface area contributed by atoms with Crippen LogP contribution in [0, 0.1) is 0 Å². The van der Waals surface area contributed by atoms with Crippen molar-refractivity contribution in [1.29, 1.82) is 0 Å². The predicted molar refractivity (Wildman–Crippen MR) is 92.0 cm³/mol. The minimum Gasteiger partial charge on any atom is -0.248 e. The molecule has 0 bridgehead atoms. The van der Waals surface area contributed by atoms with Crippen molar-refractivity contribution in [3.63, 3.8) is 0 Å². The second-order valence-corrected chi connectivity index (χ2v) is 7.11. The van der Waals surface area contributed by atoms with Gasteiger partial charge in [-0.3, -0.25) is 0 Å². The number of benzene rings is 2. The Hall–Kier alpha value is -1.19. The number of aromatic nitrogens is 1. The summed E-state index contributed by atoms with van der Waals surface area (Å²) in [6.45, 7) is 4.39. The molecule has 0 unspecified atom stereocenters. The SMILES string of the molecule is CCSc1ccc2nc3ccccc3c(SCC)c2c1. The average molecular weight is 299 g/mol. The first kappa shape index (κ1) is 13.8. The third kappa shape index (κ3) is 2.52. The van der Waals surface area contributed by atoms with Gasteiger partial charge in [-0.1, -0.05) is 32.0 Å².